The molecule has 9 nitrogen and oxygen atoms in total. The standard InChI is InChI=1S/C31H32F3N3O6S/c32-31(33,34)42-21-11-17(27(38)39)12-22-24(21)35-29(44-22)37-18-3-4-19(37)14-20(13-18)41-28(40)23-25(16-1-2-16)43-36-26(23)30-8-5-15(6-9-30)7-10-30/h11-12,15-16,18-20H,1-10,13-14H2,(H,38,39)/t15?,18-,19+,20-,30?. The van der Waals surface area contributed by atoms with Crippen molar-refractivity contribution < 1.29 is 41.9 Å². The molecule has 9 rings (SSSR count). The minimum absolute atomic E-state index is 0.0184. The number of hydrogen-bond acceptors (Lipinski definition) is 9. The second-order valence-corrected chi connectivity index (χ2v) is 14.3. The largest absolute Gasteiger partial charge is 0.573 e. The Balaban J connectivity index is 1.04. The van der Waals surface area contributed by atoms with E-state index in [-0.39, 0.29) is 46.6 Å². The summed E-state index contributed by atoms with van der Waals surface area (Å²) in [5, 5.41) is 14.5. The van der Waals surface area contributed by atoms with Crippen molar-refractivity contribution in [2.24, 2.45) is 5.92 Å². The van der Waals surface area contributed by atoms with E-state index in [1.807, 2.05) is 0 Å². The highest BCUT2D eigenvalue weighted by atomic mass is 32.1. The maximum absolute atomic E-state index is 13.9. The molecule has 4 saturated carbocycles. The molecule has 1 aromatic carbocycles. The first-order valence-electron chi connectivity index (χ1n) is 15.5. The molecule has 0 unspecified atom stereocenters. The minimum atomic E-state index is -4.99. The molecule has 2 saturated heterocycles. The molecule has 4 aliphatic carbocycles. The van der Waals surface area contributed by atoms with Gasteiger partial charge in [0.2, 0.25) is 0 Å². The zero-order valence-corrected chi connectivity index (χ0v) is 24.7. The Labute approximate surface area is 254 Å². The average molecular weight is 632 g/mol. The van der Waals surface area contributed by atoms with E-state index in [0.29, 0.717) is 34.0 Å². The lowest BCUT2D eigenvalue weighted by atomic mass is 9.59. The first-order chi connectivity index (χ1) is 21.1. The number of nitrogens with zero attached hydrogens (tertiary/aromatic N) is 3. The zero-order valence-electron chi connectivity index (χ0n) is 23.9. The van der Waals surface area contributed by atoms with E-state index in [4.69, 9.17) is 9.26 Å². The number of aromatic nitrogens is 2. The molecule has 3 atom stereocenters. The molecule has 6 aliphatic rings. The molecule has 0 amide bonds. The lowest BCUT2D eigenvalue weighted by Crippen LogP contribution is -2.46. The van der Waals surface area contributed by atoms with E-state index in [1.54, 1.807) is 0 Å². The number of carbonyl (C=O) groups excluding carboxylic acids is 1. The fourth-order valence-electron chi connectivity index (χ4n) is 8.26. The van der Waals surface area contributed by atoms with Crippen molar-refractivity contribution >= 4 is 38.6 Å². The van der Waals surface area contributed by atoms with Gasteiger partial charge in [-0.3, -0.25) is 0 Å². The molecule has 234 valence electrons. The van der Waals surface area contributed by atoms with Crippen LogP contribution in [0.4, 0.5) is 18.3 Å². The van der Waals surface area contributed by atoms with E-state index in [0.717, 1.165) is 93.2 Å². The van der Waals surface area contributed by atoms with Crippen LogP contribution in [-0.2, 0) is 10.2 Å². The normalized spacial score (nSPS) is 29.8. The molecule has 6 fully saturated rings. The van der Waals surface area contributed by atoms with Crippen LogP contribution in [0.2, 0.25) is 0 Å². The van der Waals surface area contributed by atoms with Gasteiger partial charge in [-0.15, -0.1) is 13.2 Å². The molecule has 13 heteroatoms. The summed E-state index contributed by atoms with van der Waals surface area (Å²) in [5.74, 6) is -0.653. The number of ether oxygens (including phenoxy) is 2. The molecule has 2 aromatic heterocycles. The van der Waals surface area contributed by atoms with Crippen molar-refractivity contribution in [3.63, 3.8) is 0 Å². The summed E-state index contributed by atoms with van der Waals surface area (Å²) in [6.45, 7) is 0. The monoisotopic (exact) mass is 631 g/mol. The van der Waals surface area contributed by atoms with Crippen LogP contribution in [0.1, 0.15) is 115 Å². The lowest BCUT2D eigenvalue weighted by Gasteiger charge is -2.45. The number of aromatic carboxylic acids is 1. The first-order valence-corrected chi connectivity index (χ1v) is 16.3. The number of fused-ring (bicyclic) bond motifs is 6. The second-order valence-electron chi connectivity index (χ2n) is 13.3. The van der Waals surface area contributed by atoms with Gasteiger partial charge in [0.15, 0.2) is 16.6 Å². The fourth-order valence-corrected chi connectivity index (χ4v) is 9.43. The molecule has 0 spiro atoms. The molecule has 0 radical (unpaired) electrons. The van der Waals surface area contributed by atoms with Crippen LogP contribution < -0.4 is 9.64 Å². The van der Waals surface area contributed by atoms with Crippen molar-refractivity contribution in [2.75, 3.05) is 4.90 Å². The van der Waals surface area contributed by atoms with Crippen molar-refractivity contribution in [2.45, 2.75) is 113 Å². The van der Waals surface area contributed by atoms with Crippen LogP contribution in [0, 0.1) is 5.92 Å². The lowest BCUT2D eigenvalue weighted by molar-refractivity contribution is -0.274. The Morgan fingerprint density at radius 1 is 1.02 bits per heavy atom. The van der Waals surface area contributed by atoms with Crippen LogP contribution in [-0.4, -0.2) is 51.7 Å². The Morgan fingerprint density at radius 3 is 2.32 bits per heavy atom. The maximum atomic E-state index is 13.9. The molecule has 3 aromatic rings. The Bertz CT molecular complexity index is 1610. The summed E-state index contributed by atoms with van der Waals surface area (Å²) in [4.78, 5) is 32.1. The Kier molecular flexibility index (Phi) is 6.45. The molecule has 4 heterocycles. The van der Waals surface area contributed by atoms with Crippen molar-refractivity contribution in [3.05, 3.63) is 34.7 Å². The van der Waals surface area contributed by atoms with E-state index in [9.17, 15) is 27.9 Å². The summed E-state index contributed by atoms with van der Waals surface area (Å²) >= 11 is 1.15. The SMILES string of the molecule is O=C(O)c1cc(OC(F)(F)F)c2nc(N3[C@@H]4CC[C@H]3C[C@H](OC(=O)c3c(C56CCC(CC5)CC6)noc3C3CC3)C4)sc2c1. The number of thiazole rings is 1. The van der Waals surface area contributed by atoms with Gasteiger partial charge >= 0.3 is 18.3 Å². The van der Waals surface area contributed by atoms with Crippen molar-refractivity contribution in [1.82, 2.24) is 10.1 Å². The molecular weight excluding hydrogens is 599 g/mol. The van der Waals surface area contributed by atoms with Crippen LogP contribution >= 0.6 is 11.3 Å². The molecule has 2 aliphatic heterocycles. The van der Waals surface area contributed by atoms with Gasteiger partial charge in [0, 0.05) is 36.3 Å². The van der Waals surface area contributed by atoms with Gasteiger partial charge in [0.1, 0.15) is 22.9 Å². The van der Waals surface area contributed by atoms with Crippen LogP contribution in [0.25, 0.3) is 10.2 Å². The molecule has 44 heavy (non-hydrogen) atoms. The number of carbonyl (C=O) groups is 2. The number of piperidine rings is 1. The average Bonchev–Trinajstić information content (AvgIpc) is 3.46. The topological polar surface area (TPSA) is 115 Å². The summed E-state index contributed by atoms with van der Waals surface area (Å²) in [5.41, 5.74) is 0.920. The van der Waals surface area contributed by atoms with Crippen LogP contribution in [0.3, 0.4) is 0 Å². The number of anilines is 1. The quantitative estimate of drug-likeness (QED) is 0.268. The number of carboxylic acid groups (broad SMARTS) is 1. The first kappa shape index (κ1) is 28.1. The van der Waals surface area contributed by atoms with Gasteiger partial charge in [-0.1, -0.05) is 16.5 Å². The summed E-state index contributed by atoms with van der Waals surface area (Å²) < 4.78 is 56.0. The van der Waals surface area contributed by atoms with Crippen molar-refractivity contribution in [3.8, 4) is 5.75 Å². The van der Waals surface area contributed by atoms with E-state index in [2.05, 4.69) is 19.8 Å². The second kappa shape index (κ2) is 10.1. The fraction of sp³-hybridized carbons (Fsp3) is 0.613. The number of hydrogen-bond donors (Lipinski definition) is 1. The maximum Gasteiger partial charge on any atom is 0.573 e. The third kappa shape index (κ3) is 4.82. The van der Waals surface area contributed by atoms with Gasteiger partial charge in [-0.2, -0.15) is 0 Å². The zero-order chi connectivity index (χ0) is 30.4. The number of halogens is 3. The smallest absolute Gasteiger partial charge is 0.478 e. The number of rotatable bonds is 7. The van der Waals surface area contributed by atoms with Gasteiger partial charge in [-0.05, 0) is 82.3 Å². The third-order valence-electron chi connectivity index (χ3n) is 10.6. The Morgan fingerprint density at radius 2 is 1.70 bits per heavy atom. The number of benzene rings is 1. The number of carboxylic acids is 1. The van der Waals surface area contributed by atoms with Crippen LogP contribution in [0.5, 0.6) is 5.75 Å². The minimum Gasteiger partial charge on any atom is -0.478 e. The van der Waals surface area contributed by atoms with E-state index >= 15 is 0 Å². The molecule has 1 N–H and O–H groups in total. The highest BCUT2D eigenvalue weighted by Gasteiger charge is 2.49. The van der Waals surface area contributed by atoms with Gasteiger partial charge in [0.25, 0.3) is 0 Å². The summed E-state index contributed by atoms with van der Waals surface area (Å²) in [6, 6.07) is 2.14. The highest BCUT2D eigenvalue weighted by molar-refractivity contribution is 7.22. The van der Waals surface area contributed by atoms with Crippen molar-refractivity contribution in [1.29, 1.82) is 0 Å². The molecule has 4 bridgehead atoms. The predicted octanol–water partition coefficient (Wildman–Crippen LogP) is 7.34. The van der Waals surface area contributed by atoms with Gasteiger partial charge in [-0.25, -0.2) is 14.6 Å². The van der Waals surface area contributed by atoms with Gasteiger partial charge < -0.3 is 24.0 Å². The molecular formula is C31H32F3N3O6S. The van der Waals surface area contributed by atoms with Crippen LogP contribution in [0.15, 0.2) is 16.7 Å². The number of alkyl halides is 3. The Hall–Kier alpha value is -3.35. The summed E-state index contributed by atoms with van der Waals surface area (Å²) in [7, 11) is 0. The third-order valence-corrected chi connectivity index (χ3v) is 11.6. The van der Waals surface area contributed by atoms with E-state index < -0.39 is 18.1 Å². The number of esters is 1. The van der Waals surface area contributed by atoms with E-state index in [1.165, 1.54) is 6.07 Å². The predicted molar refractivity (Wildman–Crippen MR) is 152 cm³/mol. The summed E-state index contributed by atoms with van der Waals surface area (Å²) in [6.07, 6.45) is 6.03. The highest BCUT2D eigenvalue weighted by Crippen LogP contribution is 2.54. The van der Waals surface area contributed by atoms with Gasteiger partial charge in [0.05, 0.1) is 10.3 Å².